The van der Waals surface area contributed by atoms with E-state index in [2.05, 4.69) is 10.6 Å². The number of hydrogen-bond acceptors (Lipinski definition) is 5. The van der Waals surface area contributed by atoms with Gasteiger partial charge in [0.1, 0.15) is 11.5 Å². The quantitative estimate of drug-likeness (QED) is 0.788. The highest BCUT2D eigenvalue weighted by Gasteiger charge is 2.37. The first-order valence-corrected chi connectivity index (χ1v) is 9.97. The van der Waals surface area contributed by atoms with Gasteiger partial charge in [0, 0.05) is 6.54 Å². The van der Waals surface area contributed by atoms with Crippen LogP contribution in [0.25, 0.3) is 0 Å². The minimum Gasteiger partial charge on any atom is -0.478 e. The molecule has 2 aromatic rings. The molecule has 2 heterocycles. The zero-order valence-electron chi connectivity index (χ0n) is 16.6. The summed E-state index contributed by atoms with van der Waals surface area (Å²) in [6.07, 6.45) is -1.13. The van der Waals surface area contributed by atoms with Gasteiger partial charge in [0.15, 0.2) is 12.2 Å². The number of hydrogen-bond donors (Lipinski definition) is 2. The lowest BCUT2D eigenvalue weighted by atomic mass is 10.1. The zero-order chi connectivity index (χ0) is 21.1. The molecule has 3 amide bonds. The van der Waals surface area contributed by atoms with Crippen LogP contribution in [-0.2, 0) is 14.4 Å². The largest absolute Gasteiger partial charge is 0.478 e. The van der Waals surface area contributed by atoms with Crippen molar-refractivity contribution < 1.29 is 23.9 Å². The first-order valence-electron chi connectivity index (χ1n) is 9.97. The molecule has 0 fully saturated rings. The molecule has 0 bridgehead atoms. The fourth-order valence-electron chi connectivity index (χ4n) is 3.46. The number of carbonyl (C=O) groups is 3. The molecular weight excluding hydrogens is 386 g/mol. The monoisotopic (exact) mass is 409 g/mol. The van der Waals surface area contributed by atoms with Crippen molar-refractivity contribution >= 4 is 29.1 Å². The maximum atomic E-state index is 13.1. The van der Waals surface area contributed by atoms with Gasteiger partial charge in [-0.3, -0.25) is 14.4 Å². The molecule has 156 valence electrons. The van der Waals surface area contributed by atoms with Gasteiger partial charge < -0.3 is 25.0 Å². The fourth-order valence-corrected chi connectivity index (χ4v) is 3.46. The van der Waals surface area contributed by atoms with Gasteiger partial charge in [-0.1, -0.05) is 31.2 Å². The van der Waals surface area contributed by atoms with E-state index in [-0.39, 0.29) is 30.7 Å². The van der Waals surface area contributed by atoms with Gasteiger partial charge in [-0.05, 0) is 30.7 Å². The second kappa shape index (κ2) is 8.44. The molecule has 4 rings (SSSR count). The Morgan fingerprint density at radius 3 is 2.63 bits per heavy atom. The van der Waals surface area contributed by atoms with Crippen LogP contribution < -0.4 is 25.0 Å². The van der Waals surface area contributed by atoms with E-state index in [1.54, 1.807) is 48.5 Å². The predicted molar refractivity (Wildman–Crippen MR) is 111 cm³/mol. The normalized spacial score (nSPS) is 19.5. The Morgan fingerprint density at radius 1 is 1.10 bits per heavy atom. The van der Waals surface area contributed by atoms with E-state index in [0.717, 1.165) is 6.42 Å². The number of fused-ring (bicyclic) bond motifs is 2. The molecule has 0 aliphatic carbocycles. The summed E-state index contributed by atoms with van der Waals surface area (Å²) in [5, 5.41) is 5.57. The van der Waals surface area contributed by atoms with Gasteiger partial charge in [0.25, 0.3) is 11.8 Å². The first kappa shape index (κ1) is 19.8. The number of ether oxygens (including phenoxy) is 2. The molecule has 8 nitrogen and oxygen atoms in total. The lowest BCUT2D eigenvalue weighted by Gasteiger charge is -2.35. The Bertz CT molecular complexity index is 977. The molecular formula is C22H23N3O5. The number of amides is 3. The Hall–Kier alpha value is -3.55. The summed E-state index contributed by atoms with van der Waals surface area (Å²) in [7, 11) is 0. The van der Waals surface area contributed by atoms with Crippen LogP contribution >= 0.6 is 0 Å². The Labute approximate surface area is 174 Å². The Balaban J connectivity index is 1.52. The topological polar surface area (TPSA) is 97.0 Å². The average molecular weight is 409 g/mol. The van der Waals surface area contributed by atoms with Crippen LogP contribution in [0.1, 0.15) is 19.8 Å². The lowest BCUT2D eigenvalue weighted by Crippen LogP contribution is -2.52. The Kier molecular flexibility index (Phi) is 5.56. The molecule has 2 aromatic carbocycles. The third kappa shape index (κ3) is 3.94. The van der Waals surface area contributed by atoms with Gasteiger partial charge in [-0.2, -0.15) is 0 Å². The van der Waals surface area contributed by atoms with Crippen LogP contribution in [0.5, 0.6) is 11.5 Å². The van der Waals surface area contributed by atoms with Crippen molar-refractivity contribution in [3.05, 3.63) is 48.5 Å². The molecule has 0 radical (unpaired) electrons. The molecule has 8 heteroatoms. The molecule has 0 spiro atoms. The van der Waals surface area contributed by atoms with Crippen LogP contribution in [0.3, 0.4) is 0 Å². The van der Waals surface area contributed by atoms with Gasteiger partial charge in [-0.15, -0.1) is 0 Å². The number of para-hydroxylation sites is 4. The number of nitrogens with zero attached hydrogens (tertiary/aromatic N) is 1. The summed E-state index contributed by atoms with van der Waals surface area (Å²) in [6, 6.07) is 14.1. The summed E-state index contributed by atoms with van der Waals surface area (Å²) >= 11 is 0. The third-order valence-electron chi connectivity index (χ3n) is 4.98. The molecule has 2 atom stereocenters. The van der Waals surface area contributed by atoms with Crippen LogP contribution in [0.2, 0.25) is 0 Å². The van der Waals surface area contributed by atoms with E-state index >= 15 is 0 Å². The van der Waals surface area contributed by atoms with Crippen LogP contribution in [0.15, 0.2) is 48.5 Å². The standard InChI is InChI=1S/C22H23N3O5/c1-2-11-23-21(27)19-13-25(15-8-4-6-10-17(15)30-19)20(26)12-18-22(28)24-14-7-3-5-9-16(14)29-18/h3-10,18-19H,2,11-13H2,1H3,(H,23,27)(H,24,28)/t18-,19+/m1/s1. The molecule has 0 aromatic heterocycles. The summed E-state index contributed by atoms with van der Waals surface area (Å²) in [5.74, 6) is 0.00588. The number of nitrogens with one attached hydrogen (secondary N) is 2. The van der Waals surface area contributed by atoms with E-state index in [9.17, 15) is 14.4 Å². The van der Waals surface area contributed by atoms with E-state index in [1.165, 1.54) is 4.90 Å². The fraction of sp³-hybridized carbons (Fsp3) is 0.318. The highest BCUT2D eigenvalue weighted by Crippen LogP contribution is 2.35. The number of anilines is 2. The van der Waals surface area contributed by atoms with Crippen molar-refractivity contribution in [2.24, 2.45) is 0 Å². The maximum absolute atomic E-state index is 13.1. The van der Waals surface area contributed by atoms with Crippen molar-refractivity contribution in [1.29, 1.82) is 0 Å². The van der Waals surface area contributed by atoms with Crippen molar-refractivity contribution in [3.63, 3.8) is 0 Å². The van der Waals surface area contributed by atoms with E-state index in [0.29, 0.717) is 29.4 Å². The molecule has 0 saturated carbocycles. The number of benzene rings is 2. The SMILES string of the molecule is CCCNC(=O)[C@@H]1CN(C(=O)C[C@H]2Oc3ccccc3NC2=O)c2ccccc2O1. The van der Waals surface area contributed by atoms with Crippen molar-refractivity contribution in [1.82, 2.24) is 5.32 Å². The second-order valence-electron chi connectivity index (χ2n) is 7.17. The summed E-state index contributed by atoms with van der Waals surface area (Å²) in [6.45, 7) is 2.56. The minimum atomic E-state index is -0.949. The van der Waals surface area contributed by atoms with Gasteiger partial charge in [-0.25, -0.2) is 0 Å². The Morgan fingerprint density at radius 2 is 1.83 bits per heavy atom. The lowest BCUT2D eigenvalue weighted by molar-refractivity contribution is -0.131. The number of rotatable bonds is 5. The van der Waals surface area contributed by atoms with Gasteiger partial charge >= 0.3 is 0 Å². The molecule has 30 heavy (non-hydrogen) atoms. The maximum Gasteiger partial charge on any atom is 0.266 e. The highest BCUT2D eigenvalue weighted by molar-refractivity contribution is 6.03. The number of carbonyl (C=O) groups excluding carboxylic acids is 3. The van der Waals surface area contributed by atoms with E-state index in [4.69, 9.17) is 9.47 Å². The first-order chi connectivity index (χ1) is 14.6. The molecule has 2 aliphatic rings. The van der Waals surface area contributed by atoms with Gasteiger partial charge in [0.05, 0.1) is 24.3 Å². The van der Waals surface area contributed by atoms with Crippen LogP contribution in [-0.4, -0.2) is 43.0 Å². The molecule has 2 aliphatic heterocycles. The van der Waals surface area contributed by atoms with Gasteiger partial charge in [0.2, 0.25) is 5.91 Å². The molecule has 0 unspecified atom stereocenters. The second-order valence-corrected chi connectivity index (χ2v) is 7.17. The predicted octanol–water partition coefficient (Wildman–Crippen LogP) is 2.10. The van der Waals surface area contributed by atoms with Crippen LogP contribution in [0.4, 0.5) is 11.4 Å². The summed E-state index contributed by atoms with van der Waals surface area (Å²) < 4.78 is 11.6. The molecule has 2 N–H and O–H groups in total. The van der Waals surface area contributed by atoms with Crippen molar-refractivity contribution in [2.45, 2.75) is 32.0 Å². The van der Waals surface area contributed by atoms with Crippen molar-refractivity contribution in [3.8, 4) is 11.5 Å². The highest BCUT2D eigenvalue weighted by atomic mass is 16.5. The zero-order valence-corrected chi connectivity index (χ0v) is 16.6. The van der Waals surface area contributed by atoms with Crippen LogP contribution in [0, 0.1) is 0 Å². The smallest absolute Gasteiger partial charge is 0.266 e. The third-order valence-corrected chi connectivity index (χ3v) is 4.98. The van der Waals surface area contributed by atoms with Crippen molar-refractivity contribution in [2.75, 3.05) is 23.3 Å². The summed E-state index contributed by atoms with van der Waals surface area (Å²) in [4.78, 5) is 39.5. The summed E-state index contributed by atoms with van der Waals surface area (Å²) in [5.41, 5.74) is 1.15. The van der Waals surface area contributed by atoms with E-state index in [1.807, 2.05) is 6.92 Å². The minimum absolute atomic E-state index is 0.0658. The van der Waals surface area contributed by atoms with E-state index < -0.39 is 12.2 Å². The molecule has 0 saturated heterocycles. The average Bonchev–Trinajstić information content (AvgIpc) is 2.77.